The average molecular weight is 403 g/mol. The molecule has 28 heavy (non-hydrogen) atoms. The van der Waals surface area contributed by atoms with Crippen LogP contribution in [0.4, 0.5) is 0 Å². The van der Waals surface area contributed by atoms with E-state index in [0.717, 1.165) is 49.5 Å². The molecule has 0 saturated carbocycles. The number of nitrogens with zero attached hydrogens (tertiary/aromatic N) is 2. The number of benzene rings is 1. The Morgan fingerprint density at radius 2 is 1.82 bits per heavy atom. The zero-order valence-electron chi connectivity index (χ0n) is 16.3. The molecule has 7 heteroatoms. The maximum Gasteiger partial charge on any atom is 0.338 e. The Hall–Kier alpha value is -2.41. The zero-order valence-corrected chi connectivity index (χ0v) is 17.2. The highest BCUT2D eigenvalue weighted by molar-refractivity contribution is 7.09. The van der Waals surface area contributed by atoms with Crippen LogP contribution in [0.2, 0.25) is 0 Å². The number of amides is 1. The molecule has 1 atom stereocenters. The van der Waals surface area contributed by atoms with Gasteiger partial charge in [0.25, 0.3) is 5.91 Å². The molecule has 0 spiro atoms. The molecule has 0 N–H and O–H groups in total. The lowest BCUT2D eigenvalue weighted by molar-refractivity contribution is -0.139. The first-order chi connectivity index (χ1) is 13.5. The fourth-order valence-corrected chi connectivity index (χ4v) is 3.74. The van der Waals surface area contributed by atoms with E-state index < -0.39 is 12.1 Å². The minimum Gasteiger partial charge on any atom is -0.487 e. The molecule has 1 fully saturated rings. The highest BCUT2D eigenvalue weighted by Gasteiger charge is 2.24. The van der Waals surface area contributed by atoms with Crippen molar-refractivity contribution in [1.82, 2.24) is 9.88 Å². The Labute approximate surface area is 169 Å². The molecule has 1 aromatic heterocycles. The van der Waals surface area contributed by atoms with Gasteiger partial charge >= 0.3 is 5.97 Å². The minimum absolute atomic E-state index is 0.117. The minimum atomic E-state index is -0.783. The quantitative estimate of drug-likeness (QED) is 0.684. The van der Waals surface area contributed by atoms with Crippen molar-refractivity contribution in [3.8, 4) is 5.75 Å². The topological polar surface area (TPSA) is 68.7 Å². The standard InChI is InChI=1S/C21H26N2O4S/c1-15(20(24)23-11-5-3-4-6-12-23)27-21(25)17-7-9-19(10-8-17)26-13-18-14-28-16(2)22-18/h7-10,14-15H,3-6,11-13H2,1-2H3. The Morgan fingerprint density at radius 3 is 2.43 bits per heavy atom. The van der Waals surface area contributed by atoms with E-state index in [0.29, 0.717) is 17.9 Å². The predicted octanol–water partition coefficient (Wildman–Crippen LogP) is 3.98. The number of rotatable bonds is 6. The molecule has 0 radical (unpaired) electrons. The van der Waals surface area contributed by atoms with Gasteiger partial charge in [0, 0.05) is 18.5 Å². The van der Waals surface area contributed by atoms with Gasteiger partial charge in [0.05, 0.1) is 16.3 Å². The Kier molecular flexibility index (Phi) is 7.03. The molecule has 1 aromatic carbocycles. The molecule has 1 amide bonds. The number of hydrogen-bond donors (Lipinski definition) is 0. The van der Waals surface area contributed by atoms with E-state index >= 15 is 0 Å². The predicted molar refractivity (Wildman–Crippen MR) is 108 cm³/mol. The van der Waals surface area contributed by atoms with Crippen LogP contribution in [0.1, 0.15) is 53.7 Å². The third-order valence-electron chi connectivity index (χ3n) is 4.69. The van der Waals surface area contributed by atoms with Crippen LogP contribution in [-0.4, -0.2) is 41.0 Å². The molecule has 0 aliphatic carbocycles. The number of carbonyl (C=O) groups excluding carboxylic acids is 2. The van der Waals surface area contributed by atoms with Crippen molar-refractivity contribution in [3.05, 3.63) is 45.9 Å². The van der Waals surface area contributed by atoms with Crippen molar-refractivity contribution in [1.29, 1.82) is 0 Å². The number of aromatic nitrogens is 1. The van der Waals surface area contributed by atoms with Gasteiger partial charge in [0.15, 0.2) is 6.10 Å². The van der Waals surface area contributed by atoms with Crippen molar-refractivity contribution in [2.24, 2.45) is 0 Å². The largest absolute Gasteiger partial charge is 0.487 e. The molecular weight excluding hydrogens is 376 g/mol. The summed E-state index contributed by atoms with van der Waals surface area (Å²) in [7, 11) is 0. The van der Waals surface area contributed by atoms with Crippen molar-refractivity contribution in [2.75, 3.05) is 13.1 Å². The third-order valence-corrected chi connectivity index (χ3v) is 5.51. The van der Waals surface area contributed by atoms with Gasteiger partial charge in [-0.2, -0.15) is 0 Å². The molecule has 1 aliphatic rings. The molecule has 1 unspecified atom stereocenters. The summed E-state index contributed by atoms with van der Waals surface area (Å²) in [6.45, 7) is 5.46. The van der Waals surface area contributed by atoms with Crippen LogP contribution < -0.4 is 4.74 Å². The van der Waals surface area contributed by atoms with Gasteiger partial charge in [0.1, 0.15) is 12.4 Å². The summed E-state index contributed by atoms with van der Waals surface area (Å²) in [6, 6.07) is 6.73. The van der Waals surface area contributed by atoms with Gasteiger partial charge in [0.2, 0.25) is 0 Å². The number of hydrogen-bond acceptors (Lipinski definition) is 6. The summed E-state index contributed by atoms with van der Waals surface area (Å²) in [4.78, 5) is 31.0. The number of ether oxygens (including phenoxy) is 2. The second-order valence-corrected chi connectivity index (χ2v) is 8.02. The maximum absolute atomic E-state index is 12.5. The molecule has 1 aliphatic heterocycles. The van der Waals surface area contributed by atoms with Gasteiger partial charge in [-0.15, -0.1) is 11.3 Å². The van der Waals surface area contributed by atoms with Gasteiger partial charge in [-0.1, -0.05) is 12.8 Å². The van der Waals surface area contributed by atoms with Crippen LogP contribution in [0, 0.1) is 6.92 Å². The number of likely N-dealkylation sites (tertiary alicyclic amines) is 1. The molecular formula is C21H26N2O4S. The van der Waals surface area contributed by atoms with Gasteiger partial charge in [-0.25, -0.2) is 9.78 Å². The molecule has 150 valence electrons. The lowest BCUT2D eigenvalue weighted by Crippen LogP contribution is -2.40. The summed E-state index contributed by atoms with van der Waals surface area (Å²) in [5, 5.41) is 2.96. The summed E-state index contributed by atoms with van der Waals surface area (Å²) in [6.07, 6.45) is 3.53. The van der Waals surface area contributed by atoms with Crippen LogP contribution in [0.25, 0.3) is 0 Å². The maximum atomic E-state index is 12.5. The first kappa shape index (κ1) is 20.3. The van der Waals surface area contributed by atoms with E-state index in [1.54, 1.807) is 42.5 Å². The van der Waals surface area contributed by atoms with Crippen LogP contribution >= 0.6 is 11.3 Å². The van der Waals surface area contributed by atoms with E-state index in [4.69, 9.17) is 9.47 Å². The van der Waals surface area contributed by atoms with E-state index in [2.05, 4.69) is 4.98 Å². The van der Waals surface area contributed by atoms with E-state index in [1.165, 1.54) is 0 Å². The Balaban J connectivity index is 1.51. The smallest absolute Gasteiger partial charge is 0.338 e. The van der Waals surface area contributed by atoms with Crippen LogP contribution in [0.3, 0.4) is 0 Å². The van der Waals surface area contributed by atoms with E-state index in [-0.39, 0.29) is 5.91 Å². The van der Waals surface area contributed by atoms with Crippen LogP contribution in [0.5, 0.6) is 5.75 Å². The summed E-state index contributed by atoms with van der Waals surface area (Å²) in [5.41, 5.74) is 1.28. The Morgan fingerprint density at radius 1 is 1.14 bits per heavy atom. The second kappa shape index (κ2) is 9.68. The number of aryl methyl sites for hydroxylation is 1. The SMILES string of the molecule is Cc1nc(COc2ccc(C(=O)OC(C)C(=O)N3CCCCCC3)cc2)cs1. The molecule has 3 rings (SSSR count). The number of esters is 1. The van der Waals surface area contributed by atoms with Crippen molar-refractivity contribution in [2.45, 2.75) is 52.2 Å². The highest BCUT2D eigenvalue weighted by Crippen LogP contribution is 2.17. The van der Waals surface area contributed by atoms with E-state index in [9.17, 15) is 9.59 Å². The normalized spacial score (nSPS) is 15.6. The van der Waals surface area contributed by atoms with Crippen LogP contribution in [0.15, 0.2) is 29.6 Å². The lowest BCUT2D eigenvalue weighted by Gasteiger charge is -2.24. The van der Waals surface area contributed by atoms with Gasteiger partial charge in [-0.05, 0) is 51.0 Å². The molecule has 2 aromatic rings. The first-order valence-corrected chi connectivity index (χ1v) is 10.5. The number of thiazole rings is 1. The fourth-order valence-electron chi connectivity index (χ4n) is 3.15. The second-order valence-electron chi connectivity index (χ2n) is 6.96. The summed E-state index contributed by atoms with van der Waals surface area (Å²) in [5.74, 6) is 0.0296. The Bertz CT molecular complexity index is 795. The highest BCUT2D eigenvalue weighted by atomic mass is 32.1. The fraction of sp³-hybridized carbons (Fsp3) is 0.476. The van der Waals surface area contributed by atoms with Crippen LogP contribution in [-0.2, 0) is 16.1 Å². The zero-order chi connectivity index (χ0) is 19.9. The molecule has 2 heterocycles. The van der Waals surface area contributed by atoms with Crippen molar-refractivity contribution in [3.63, 3.8) is 0 Å². The lowest BCUT2D eigenvalue weighted by atomic mass is 10.2. The summed E-state index contributed by atoms with van der Waals surface area (Å²) < 4.78 is 11.1. The van der Waals surface area contributed by atoms with Crippen molar-refractivity contribution < 1.29 is 19.1 Å². The average Bonchev–Trinajstić information content (AvgIpc) is 2.94. The number of carbonyl (C=O) groups is 2. The molecule has 1 saturated heterocycles. The monoisotopic (exact) mass is 402 g/mol. The van der Waals surface area contributed by atoms with Gasteiger partial charge in [-0.3, -0.25) is 4.79 Å². The molecule has 6 nitrogen and oxygen atoms in total. The molecule has 0 bridgehead atoms. The van der Waals surface area contributed by atoms with Gasteiger partial charge < -0.3 is 14.4 Å². The van der Waals surface area contributed by atoms with E-state index in [1.807, 2.05) is 17.2 Å². The third kappa shape index (κ3) is 5.55. The first-order valence-electron chi connectivity index (χ1n) is 9.66. The summed E-state index contributed by atoms with van der Waals surface area (Å²) >= 11 is 1.58. The van der Waals surface area contributed by atoms with Crippen molar-refractivity contribution >= 4 is 23.2 Å².